The largest absolute Gasteiger partial charge is 0.326 e. The number of nitrogens with two attached hydrogens (primary N) is 1. The topological polar surface area (TPSA) is 72.2 Å². The van der Waals surface area contributed by atoms with E-state index in [4.69, 9.17) is 5.73 Å². The van der Waals surface area contributed by atoms with Gasteiger partial charge in [-0.2, -0.15) is 0 Å². The molecule has 1 aromatic carbocycles. The van der Waals surface area contributed by atoms with Crippen molar-refractivity contribution in [2.45, 2.75) is 17.7 Å². The predicted molar refractivity (Wildman–Crippen MR) is 74.2 cm³/mol. The first-order valence-electron chi connectivity index (χ1n) is 5.50. The number of sulfonamides is 1. The first-order valence-corrected chi connectivity index (χ1v) is 7.80. The summed E-state index contributed by atoms with van der Waals surface area (Å²) in [6.07, 6.45) is 0. The fraction of sp³-hybridized carbons (Fsp3) is 0.167. The summed E-state index contributed by atoms with van der Waals surface area (Å²) in [5.41, 5.74) is 6.10. The second-order valence-electron chi connectivity index (χ2n) is 4.01. The van der Waals surface area contributed by atoms with Gasteiger partial charge >= 0.3 is 0 Å². The second kappa shape index (κ2) is 5.28. The average Bonchev–Trinajstić information content (AvgIpc) is 2.82. The second-order valence-corrected chi connectivity index (χ2v) is 7.09. The highest BCUT2D eigenvalue weighted by Gasteiger charge is 2.18. The van der Waals surface area contributed by atoms with Gasteiger partial charge in [0.1, 0.15) is 10.0 Å². The number of halogens is 1. The highest BCUT2D eigenvalue weighted by Crippen LogP contribution is 2.25. The summed E-state index contributed by atoms with van der Waals surface area (Å²) in [6, 6.07) is 7.42. The molecule has 0 aliphatic heterocycles. The third-order valence-corrected chi connectivity index (χ3v) is 5.44. The molecule has 0 unspecified atom stereocenters. The number of hydrogen-bond donors (Lipinski definition) is 2. The molecular weight excluding hydrogens is 287 g/mol. The molecule has 4 nitrogen and oxygen atoms in total. The Balaban J connectivity index is 2.30. The maximum Gasteiger partial charge on any atom is 0.271 e. The van der Waals surface area contributed by atoms with Crippen LogP contribution in [0.5, 0.6) is 0 Å². The van der Waals surface area contributed by atoms with Crippen LogP contribution in [0.25, 0.3) is 0 Å². The normalized spacial score (nSPS) is 11.5. The lowest BCUT2D eigenvalue weighted by Gasteiger charge is -2.07. The van der Waals surface area contributed by atoms with Crippen molar-refractivity contribution in [1.82, 2.24) is 0 Å². The Morgan fingerprint density at radius 3 is 2.63 bits per heavy atom. The fourth-order valence-electron chi connectivity index (χ4n) is 1.51. The Kier molecular flexibility index (Phi) is 3.88. The minimum atomic E-state index is -3.76. The van der Waals surface area contributed by atoms with E-state index in [-0.39, 0.29) is 16.4 Å². The van der Waals surface area contributed by atoms with Crippen LogP contribution >= 0.6 is 11.3 Å². The van der Waals surface area contributed by atoms with Crippen LogP contribution in [-0.2, 0) is 16.6 Å². The highest BCUT2D eigenvalue weighted by atomic mass is 32.2. The molecule has 0 fully saturated rings. The summed E-state index contributed by atoms with van der Waals surface area (Å²) in [4.78, 5) is 0.754. The van der Waals surface area contributed by atoms with E-state index in [1.807, 2.05) is 0 Å². The number of benzene rings is 1. The van der Waals surface area contributed by atoms with Crippen LogP contribution in [-0.4, -0.2) is 8.42 Å². The SMILES string of the molecule is Cc1ccc(NS(=O)(=O)c2ccc(CN)s2)c(F)c1. The van der Waals surface area contributed by atoms with Crippen molar-refractivity contribution in [3.05, 3.63) is 46.6 Å². The van der Waals surface area contributed by atoms with Gasteiger partial charge in [0.25, 0.3) is 10.0 Å². The van der Waals surface area contributed by atoms with Crippen LogP contribution < -0.4 is 10.5 Å². The molecule has 0 aliphatic carbocycles. The molecule has 0 saturated heterocycles. The number of aryl methyl sites for hydroxylation is 1. The number of hydrogen-bond acceptors (Lipinski definition) is 4. The zero-order chi connectivity index (χ0) is 14.0. The molecular formula is C12H13FN2O2S2. The third kappa shape index (κ3) is 3.12. The van der Waals surface area contributed by atoms with Gasteiger partial charge in [-0.15, -0.1) is 11.3 Å². The summed E-state index contributed by atoms with van der Waals surface area (Å²) >= 11 is 1.07. The van der Waals surface area contributed by atoms with Crippen LogP contribution in [0.4, 0.5) is 10.1 Å². The number of anilines is 1. The van der Waals surface area contributed by atoms with Gasteiger partial charge < -0.3 is 5.73 Å². The van der Waals surface area contributed by atoms with Crippen molar-refractivity contribution >= 4 is 27.0 Å². The smallest absolute Gasteiger partial charge is 0.271 e. The highest BCUT2D eigenvalue weighted by molar-refractivity contribution is 7.94. The van der Waals surface area contributed by atoms with E-state index < -0.39 is 15.8 Å². The predicted octanol–water partition coefficient (Wildman–Crippen LogP) is 2.46. The van der Waals surface area contributed by atoms with Crippen molar-refractivity contribution in [2.75, 3.05) is 4.72 Å². The molecule has 2 rings (SSSR count). The molecule has 2 aromatic rings. The molecule has 0 radical (unpaired) electrons. The molecule has 1 aromatic heterocycles. The lowest BCUT2D eigenvalue weighted by Crippen LogP contribution is -2.12. The number of nitrogens with one attached hydrogen (secondary N) is 1. The van der Waals surface area contributed by atoms with Crippen LogP contribution in [0.2, 0.25) is 0 Å². The van der Waals surface area contributed by atoms with Gasteiger partial charge in [0.2, 0.25) is 0 Å². The maximum atomic E-state index is 13.6. The Bertz CT molecular complexity index is 696. The van der Waals surface area contributed by atoms with Gasteiger partial charge in [0.15, 0.2) is 0 Å². The van der Waals surface area contributed by atoms with Crippen LogP contribution in [0, 0.1) is 12.7 Å². The summed E-state index contributed by atoms with van der Waals surface area (Å²) in [7, 11) is -3.76. The molecule has 0 atom stereocenters. The Hall–Kier alpha value is -1.44. The van der Waals surface area contributed by atoms with E-state index in [0.717, 1.165) is 21.8 Å². The van der Waals surface area contributed by atoms with Crippen molar-refractivity contribution in [2.24, 2.45) is 5.73 Å². The molecule has 0 amide bonds. The summed E-state index contributed by atoms with van der Waals surface area (Å²) in [5, 5.41) is 0. The molecule has 102 valence electrons. The molecule has 0 bridgehead atoms. The molecule has 0 spiro atoms. The average molecular weight is 300 g/mol. The van der Waals surface area contributed by atoms with Crippen molar-refractivity contribution in [3.8, 4) is 0 Å². The van der Waals surface area contributed by atoms with E-state index in [2.05, 4.69) is 4.72 Å². The van der Waals surface area contributed by atoms with Crippen LogP contribution in [0.1, 0.15) is 10.4 Å². The van der Waals surface area contributed by atoms with E-state index in [1.54, 1.807) is 19.1 Å². The zero-order valence-corrected chi connectivity index (χ0v) is 11.8. The van der Waals surface area contributed by atoms with E-state index in [9.17, 15) is 12.8 Å². The molecule has 1 heterocycles. The first-order chi connectivity index (χ1) is 8.92. The molecule has 7 heteroatoms. The lowest BCUT2D eigenvalue weighted by molar-refractivity contribution is 0.600. The fourth-order valence-corrected chi connectivity index (χ4v) is 3.81. The third-order valence-electron chi connectivity index (χ3n) is 2.47. The van der Waals surface area contributed by atoms with Crippen LogP contribution in [0.3, 0.4) is 0 Å². The summed E-state index contributed by atoms with van der Waals surface area (Å²) < 4.78 is 40.1. The van der Waals surface area contributed by atoms with Gasteiger partial charge in [0, 0.05) is 11.4 Å². The van der Waals surface area contributed by atoms with Gasteiger partial charge in [-0.25, -0.2) is 12.8 Å². The molecule has 19 heavy (non-hydrogen) atoms. The van der Waals surface area contributed by atoms with Crippen molar-refractivity contribution < 1.29 is 12.8 Å². The van der Waals surface area contributed by atoms with E-state index in [0.29, 0.717) is 0 Å². The lowest BCUT2D eigenvalue weighted by atomic mass is 10.2. The first kappa shape index (κ1) is 14.0. The van der Waals surface area contributed by atoms with E-state index >= 15 is 0 Å². The minimum Gasteiger partial charge on any atom is -0.326 e. The quantitative estimate of drug-likeness (QED) is 0.911. The summed E-state index contributed by atoms with van der Waals surface area (Å²) in [5.74, 6) is -0.598. The van der Waals surface area contributed by atoms with Gasteiger partial charge in [0.05, 0.1) is 5.69 Å². The van der Waals surface area contributed by atoms with E-state index in [1.165, 1.54) is 18.2 Å². The number of rotatable bonds is 4. The standard InChI is InChI=1S/C12H13FN2O2S2/c1-8-2-4-11(10(13)6-8)15-19(16,17)12-5-3-9(7-14)18-12/h2-6,15H,7,14H2,1H3. The van der Waals surface area contributed by atoms with Gasteiger partial charge in [-0.1, -0.05) is 6.07 Å². The molecule has 0 saturated carbocycles. The monoisotopic (exact) mass is 300 g/mol. The Morgan fingerprint density at radius 1 is 1.32 bits per heavy atom. The number of thiophene rings is 1. The Labute approximate surface area is 115 Å². The minimum absolute atomic E-state index is 0.0618. The van der Waals surface area contributed by atoms with Gasteiger partial charge in [-0.05, 0) is 36.8 Å². The zero-order valence-electron chi connectivity index (χ0n) is 10.2. The maximum absolute atomic E-state index is 13.6. The molecule has 3 N–H and O–H groups in total. The van der Waals surface area contributed by atoms with Gasteiger partial charge in [-0.3, -0.25) is 4.72 Å². The van der Waals surface area contributed by atoms with Crippen molar-refractivity contribution in [1.29, 1.82) is 0 Å². The van der Waals surface area contributed by atoms with Crippen LogP contribution in [0.15, 0.2) is 34.5 Å². The van der Waals surface area contributed by atoms with Crippen molar-refractivity contribution in [3.63, 3.8) is 0 Å². The summed E-state index contributed by atoms with van der Waals surface area (Å²) in [6.45, 7) is 2.01. The Morgan fingerprint density at radius 2 is 2.05 bits per heavy atom. The molecule has 0 aliphatic rings.